The average molecular weight is 423 g/mol. The van der Waals surface area contributed by atoms with Crippen LogP contribution in [0.4, 0.5) is 5.82 Å². The van der Waals surface area contributed by atoms with Crippen LogP contribution in [0.1, 0.15) is 43.0 Å². The fourth-order valence-corrected chi connectivity index (χ4v) is 3.73. The van der Waals surface area contributed by atoms with Gasteiger partial charge in [0.2, 0.25) is 5.91 Å². The number of anilines is 1. The Bertz CT molecular complexity index is 1160. The minimum atomic E-state index is -0.310. The van der Waals surface area contributed by atoms with Crippen molar-refractivity contribution in [3.05, 3.63) is 57.5 Å². The molecular weight excluding hydrogens is 398 g/mol. The van der Waals surface area contributed by atoms with E-state index in [9.17, 15) is 9.59 Å². The van der Waals surface area contributed by atoms with Crippen molar-refractivity contribution >= 4 is 11.7 Å². The van der Waals surface area contributed by atoms with Crippen molar-refractivity contribution in [3.63, 3.8) is 0 Å². The first-order chi connectivity index (χ1) is 14.9. The molecule has 162 valence electrons. The number of fused-ring (bicyclic) bond motifs is 1. The number of aromatic amines is 1. The van der Waals surface area contributed by atoms with Gasteiger partial charge < -0.3 is 14.8 Å². The van der Waals surface area contributed by atoms with Crippen molar-refractivity contribution in [2.45, 2.75) is 33.1 Å². The quantitative estimate of drug-likeness (QED) is 0.631. The van der Waals surface area contributed by atoms with Crippen molar-refractivity contribution < 1.29 is 14.3 Å². The highest BCUT2D eigenvalue weighted by molar-refractivity contribution is 5.95. The van der Waals surface area contributed by atoms with E-state index >= 15 is 0 Å². The number of aromatic nitrogens is 4. The molecule has 3 heterocycles. The zero-order valence-electron chi connectivity index (χ0n) is 17.9. The Morgan fingerprint density at radius 3 is 2.68 bits per heavy atom. The molecule has 9 nitrogen and oxygen atoms in total. The van der Waals surface area contributed by atoms with Gasteiger partial charge in [-0.05, 0) is 36.6 Å². The minimum Gasteiger partial charge on any atom is -0.493 e. The van der Waals surface area contributed by atoms with Crippen molar-refractivity contribution in [1.82, 2.24) is 20.0 Å². The second-order valence-electron chi connectivity index (χ2n) is 7.96. The van der Waals surface area contributed by atoms with Gasteiger partial charge >= 0.3 is 0 Å². The Labute approximate surface area is 179 Å². The van der Waals surface area contributed by atoms with Crippen LogP contribution in [0.3, 0.4) is 0 Å². The Hall–Kier alpha value is -3.62. The van der Waals surface area contributed by atoms with E-state index in [2.05, 4.69) is 34.5 Å². The van der Waals surface area contributed by atoms with E-state index in [1.165, 1.54) is 6.07 Å². The number of hydrogen-bond acceptors (Lipinski definition) is 6. The monoisotopic (exact) mass is 423 g/mol. The summed E-state index contributed by atoms with van der Waals surface area (Å²) in [7, 11) is 1.60. The van der Waals surface area contributed by atoms with Gasteiger partial charge in [-0.25, -0.2) is 5.10 Å². The highest BCUT2D eigenvalue weighted by Gasteiger charge is 2.33. The molecule has 9 heteroatoms. The molecule has 1 amide bonds. The largest absolute Gasteiger partial charge is 0.493 e. The number of carbonyl (C=O) groups is 1. The molecule has 1 unspecified atom stereocenters. The molecule has 0 bridgehead atoms. The topological polar surface area (TPSA) is 111 Å². The third-order valence-electron chi connectivity index (χ3n) is 5.15. The molecule has 1 aliphatic rings. The number of hydrogen-bond donors (Lipinski definition) is 2. The Kier molecular flexibility index (Phi) is 5.50. The van der Waals surface area contributed by atoms with Crippen molar-refractivity contribution in [3.8, 4) is 17.3 Å². The van der Waals surface area contributed by atoms with Gasteiger partial charge in [-0.3, -0.25) is 9.59 Å². The Balaban J connectivity index is 1.76. The molecule has 0 fully saturated rings. The summed E-state index contributed by atoms with van der Waals surface area (Å²) in [6.45, 7) is 6.65. The smallest absolute Gasteiger partial charge is 0.264 e. The molecule has 1 atom stereocenters. The lowest BCUT2D eigenvalue weighted by molar-refractivity contribution is -0.116. The fraction of sp³-hybridized carbons (Fsp3) is 0.364. The van der Waals surface area contributed by atoms with E-state index in [-0.39, 0.29) is 23.8 Å². The van der Waals surface area contributed by atoms with Gasteiger partial charge in [0.15, 0.2) is 17.3 Å². The number of nitrogens with zero attached hydrogens (tertiary/aromatic N) is 3. The van der Waals surface area contributed by atoms with Crippen LogP contribution in [0.15, 0.2) is 35.1 Å². The number of aryl methyl sites for hydroxylation is 1. The molecule has 3 aromatic rings. The van der Waals surface area contributed by atoms with Gasteiger partial charge in [-0.15, -0.1) is 0 Å². The number of ether oxygens (including phenoxy) is 2. The van der Waals surface area contributed by atoms with Crippen molar-refractivity contribution in [1.29, 1.82) is 0 Å². The van der Waals surface area contributed by atoms with Crippen LogP contribution in [0, 0.1) is 12.8 Å². The Morgan fingerprint density at radius 1 is 1.19 bits per heavy atom. The molecule has 0 aliphatic carbocycles. The van der Waals surface area contributed by atoms with E-state index in [0.29, 0.717) is 35.7 Å². The molecule has 31 heavy (non-hydrogen) atoms. The molecule has 0 saturated heterocycles. The summed E-state index contributed by atoms with van der Waals surface area (Å²) in [5, 5.41) is 13.9. The van der Waals surface area contributed by atoms with E-state index in [1.54, 1.807) is 17.9 Å². The third kappa shape index (κ3) is 4.03. The molecule has 0 radical (unpaired) electrons. The van der Waals surface area contributed by atoms with Crippen molar-refractivity contribution in [2.24, 2.45) is 5.92 Å². The van der Waals surface area contributed by atoms with Crippen LogP contribution in [-0.2, 0) is 4.79 Å². The van der Waals surface area contributed by atoms with E-state index in [4.69, 9.17) is 9.47 Å². The van der Waals surface area contributed by atoms with Crippen LogP contribution >= 0.6 is 0 Å². The van der Waals surface area contributed by atoms with Crippen LogP contribution < -0.4 is 20.3 Å². The van der Waals surface area contributed by atoms with Crippen LogP contribution in [0.25, 0.3) is 5.82 Å². The summed E-state index contributed by atoms with van der Waals surface area (Å²) < 4.78 is 13.0. The number of benzene rings is 1. The summed E-state index contributed by atoms with van der Waals surface area (Å²) in [4.78, 5) is 23.9. The first-order valence-electron chi connectivity index (χ1n) is 10.1. The number of nitrogens with one attached hydrogen (secondary N) is 2. The maximum Gasteiger partial charge on any atom is 0.264 e. The van der Waals surface area contributed by atoms with Crippen LogP contribution in [0.2, 0.25) is 0 Å². The van der Waals surface area contributed by atoms with Crippen LogP contribution in [0.5, 0.6) is 11.5 Å². The molecule has 0 spiro atoms. The molecule has 0 saturated carbocycles. The standard InChI is InChI=1S/C22H25N5O4/c1-12(2)11-31-16-6-5-14(9-17(16)30-4)15-10-20(29)23-22-21(15)13(3)26-27(22)18-7-8-19(28)25-24-18/h5-9,12,15H,10-11H2,1-4H3,(H,23,29)(H,25,28). The number of methoxy groups -OCH3 is 1. The number of amides is 1. The summed E-state index contributed by atoms with van der Waals surface area (Å²) in [6.07, 6.45) is 0.286. The lowest BCUT2D eigenvalue weighted by Gasteiger charge is -2.25. The predicted octanol–water partition coefficient (Wildman–Crippen LogP) is 2.78. The highest BCUT2D eigenvalue weighted by Crippen LogP contribution is 2.42. The normalized spacial score (nSPS) is 15.5. The van der Waals surface area contributed by atoms with Crippen LogP contribution in [-0.4, -0.2) is 39.6 Å². The number of carbonyl (C=O) groups excluding carboxylic acids is 1. The maximum absolute atomic E-state index is 12.6. The average Bonchev–Trinajstić information content (AvgIpc) is 3.08. The zero-order valence-corrected chi connectivity index (χ0v) is 17.9. The third-order valence-corrected chi connectivity index (χ3v) is 5.15. The van der Waals surface area contributed by atoms with E-state index in [1.807, 2.05) is 25.1 Å². The molecule has 2 N–H and O–H groups in total. The lowest BCUT2D eigenvalue weighted by Crippen LogP contribution is -2.25. The van der Waals surface area contributed by atoms with Gasteiger partial charge in [0.25, 0.3) is 5.56 Å². The van der Waals surface area contributed by atoms with Gasteiger partial charge in [-0.2, -0.15) is 14.9 Å². The molecular formula is C22H25N5O4. The summed E-state index contributed by atoms with van der Waals surface area (Å²) in [5.41, 5.74) is 2.30. The summed E-state index contributed by atoms with van der Waals surface area (Å²) in [6, 6.07) is 8.68. The van der Waals surface area contributed by atoms with Gasteiger partial charge in [0.05, 0.1) is 19.4 Å². The Morgan fingerprint density at radius 2 is 2.00 bits per heavy atom. The second kappa shape index (κ2) is 8.25. The van der Waals surface area contributed by atoms with Crippen molar-refractivity contribution in [2.75, 3.05) is 19.0 Å². The zero-order chi connectivity index (χ0) is 22.1. The fourth-order valence-electron chi connectivity index (χ4n) is 3.73. The van der Waals surface area contributed by atoms with Gasteiger partial charge in [0, 0.05) is 24.0 Å². The molecule has 1 aliphatic heterocycles. The minimum absolute atomic E-state index is 0.123. The summed E-state index contributed by atoms with van der Waals surface area (Å²) >= 11 is 0. The lowest BCUT2D eigenvalue weighted by atomic mass is 9.85. The molecule has 4 rings (SSSR count). The number of rotatable bonds is 6. The summed E-state index contributed by atoms with van der Waals surface area (Å²) in [5.74, 6) is 2.33. The van der Waals surface area contributed by atoms with E-state index in [0.717, 1.165) is 16.8 Å². The SMILES string of the molecule is COc1cc(C2CC(=O)Nc3c2c(C)nn3-c2ccc(=O)[nH]n2)ccc1OCC(C)C. The van der Waals surface area contributed by atoms with E-state index < -0.39 is 0 Å². The highest BCUT2D eigenvalue weighted by atomic mass is 16.5. The second-order valence-corrected chi connectivity index (χ2v) is 7.96. The predicted molar refractivity (Wildman–Crippen MR) is 115 cm³/mol. The maximum atomic E-state index is 12.6. The number of H-pyrrole nitrogens is 1. The first kappa shape index (κ1) is 20.6. The van der Waals surface area contributed by atoms with Gasteiger partial charge in [-0.1, -0.05) is 19.9 Å². The first-order valence-corrected chi connectivity index (χ1v) is 10.1. The molecule has 1 aromatic carbocycles. The van der Waals surface area contributed by atoms with Gasteiger partial charge in [0.1, 0.15) is 5.82 Å². The molecule has 2 aromatic heterocycles.